The van der Waals surface area contributed by atoms with E-state index in [9.17, 15) is 9.59 Å². The largest absolute Gasteiger partial charge is 0.492 e. The quantitative estimate of drug-likeness (QED) is 0.136. The monoisotopic (exact) mass is 513 g/mol. The summed E-state index contributed by atoms with van der Waals surface area (Å²) in [6.07, 6.45) is 0. The Balaban J connectivity index is 1.99. The molecule has 0 amide bonds. The van der Waals surface area contributed by atoms with Gasteiger partial charge < -0.3 is 9.47 Å². The molecule has 34 heavy (non-hydrogen) atoms. The molecule has 0 spiro atoms. The zero-order valence-electron chi connectivity index (χ0n) is 18.9. The number of hydrogen-bond donors (Lipinski definition) is 0. The Hall–Kier alpha value is -2.95. The van der Waals surface area contributed by atoms with E-state index in [1.54, 1.807) is 16.1 Å². The summed E-state index contributed by atoms with van der Waals surface area (Å²) in [6, 6.07) is 15.1. The summed E-state index contributed by atoms with van der Waals surface area (Å²) in [5.74, 6) is 0.298. The van der Waals surface area contributed by atoms with Crippen LogP contribution in [0.25, 0.3) is 21.7 Å². The standard InChI is InChI=1S/C24H23N3O4S3/c1-4-30-18-13-9-8-12-17(18)26-21-20(34-24(26)32)22(29)27(16-11-7-6-10-15(16)3)23(25-21)33-14-19(28)31-5-2/h6-13H,4-5,14H2,1-3H3. The number of benzene rings is 2. The number of carbonyl (C=O) groups is 1. The highest BCUT2D eigenvalue weighted by Gasteiger charge is 2.21. The number of thioether (sulfide) groups is 1. The van der Waals surface area contributed by atoms with Crippen molar-refractivity contribution < 1.29 is 14.3 Å². The van der Waals surface area contributed by atoms with Crippen molar-refractivity contribution in [3.8, 4) is 17.1 Å². The second-order valence-electron chi connectivity index (χ2n) is 7.17. The Morgan fingerprint density at radius 3 is 2.47 bits per heavy atom. The van der Waals surface area contributed by atoms with Gasteiger partial charge in [-0.3, -0.25) is 18.7 Å². The fraction of sp³-hybridized carbons (Fsp3) is 0.250. The number of carbonyl (C=O) groups excluding carboxylic acids is 1. The molecule has 0 saturated heterocycles. The lowest BCUT2D eigenvalue weighted by Gasteiger charge is -2.15. The molecule has 4 aromatic rings. The molecule has 0 aliphatic rings. The molecule has 2 aromatic carbocycles. The molecule has 0 fully saturated rings. The number of aromatic nitrogens is 3. The number of esters is 1. The van der Waals surface area contributed by atoms with Crippen LogP contribution in [0.5, 0.6) is 5.75 Å². The number of rotatable bonds is 8. The Morgan fingerprint density at radius 1 is 1.06 bits per heavy atom. The summed E-state index contributed by atoms with van der Waals surface area (Å²) in [5.41, 5.74) is 2.52. The van der Waals surface area contributed by atoms with Crippen LogP contribution < -0.4 is 10.3 Å². The number of aryl methyl sites for hydroxylation is 1. The van der Waals surface area contributed by atoms with Gasteiger partial charge in [0.25, 0.3) is 5.56 Å². The molecular formula is C24H23N3O4S3. The zero-order chi connectivity index (χ0) is 24.2. The first kappa shape index (κ1) is 24.2. The van der Waals surface area contributed by atoms with E-state index in [2.05, 4.69) is 0 Å². The summed E-state index contributed by atoms with van der Waals surface area (Å²) in [5, 5.41) is 0.385. The molecule has 10 heteroatoms. The minimum atomic E-state index is -0.373. The van der Waals surface area contributed by atoms with Crippen molar-refractivity contribution >= 4 is 51.6 Å². The lowest BCUT2D eigenvalue weighted by Crippen LogP contribution is -2.23. The second kappa shape index (κ2) is 10.5. The molecule has 0 saturated carbocycles. The van der Waals surface area contributed by atoms with Crippen molar-refractivity contribution in [3.63, 3.8) is 0 Å². The maximum atomic E-state index is 13.8. The minimum Gasteiger partial charge on any atom is -0.492 e. The van der Waals surface area contributed by atoms with Crippen LogP contribution in [-0.2, 0) is 9.53 Å². The summed E-state index contributed by atoms with van der Waals surface area (Å²) in [4.78, 5) is 30.7. The Morgan fingerprint density at radius 2 is 1.76 bits per heavy atom. The molecular weight excluding hydrogens is 490 g/mol. The van der Waals surface area contributed by atoms with E-state index in [1.165, 1.54) is 11.3 Å². The Kier molecular flexibility index (Phi) is 7.50. The Bertz CT molecular complexity index is 1470. The SMILES string of the molecule is CCOC(=O)CSc1nc2c(sc(=S)n2-c2ccccc2OCC)c(=O)n1-c1ccccc1C. The molecule has 2 aromatic heterocycles. The van der Waals surface area contributed by atoms with Crippen LogP contribution in [0, 0.1) is 10.9 Å². The predicted octanol–water partition coefficient (Wildman–Crippen LogP) is 5.33. The van der Waals surface area contributed by atoms with Gasteiger partial charge >= 0.3 is 5.97 Å². The van der Waals surface area contributed by atoms with Crippen molar-refractivity contribution in [2.45, 2.75) is 25.9 Å². The molecule has 4 rings (SSSR count). The highest BCUT2D eigenvalue weighted by atomic mass is 32.2. The number of nitrogens with zero attached hydrogens (tertiary/aromatic N) is 3. The highest BCUT2D eigenvalue weighted by Crippen LogP contribution is 2.31. The van der Waals surface area contributed by atoms with E-state index >= 15 is 0 Å². The Labute approximate surface area is 210 Å². The van der Waals surface area contributed by atoms with Crippen LogP contribution in [0.1, 0.15) is 19.4 Å². The first-order valence-corrected chi connectivity index (χ1v) is 12.9. The maximum absolute atomic E-state index is 13.8. The fourth-order valence-corrected chi connectivity index (χ4v) is 5.60. The van der Waals surface area contributed by atoms with Gasteiger partial charge in [-0.2, -0.15) is 0 Å². The van der Waals surface area contributed by atoms with Crippen molar-refractivity contribution in [3.05, 3.63) is 68.4 Å². The molecule has 0 atom stereocenters. The van der Waals surface area contributed by atoms with Gasteiger partial charge in [0, 0.05) is 0 Å². The number of para-hydroxylation sites is 3. The molecule has 0 aliphatic carbocycles. The van der Waals surface area contributed by atoms with E-state index in [0.29, 0.717) is 43.2 Å². The summed E-state index contributed by atoms with van der Waals surface area (Å²) in [7, 11) is 0. The van der Waals surface area contributed by atoms with Crippen LogP contribution in [0.15, 0.2) is 58.5 Å². The fourth-order valence-electron chi connectivity index (χ4n) is 3.52. The van der Waals surface area contributed by atoms with Gasteiger partial charge in [-0.15, -0.1) is 0 Å². The first-order chi connectivity index (χ1) is 16.5. The van der Waals surface area contributed by atoms with Crippen molar-refractivity contribution in [2.24, 2.45) is 0 Å². The molecule has 176 valence electrons. The van der Waals surface area contributed by atoms with E-state index in [1.807, 2.05) is 62.4 Å². The summed E-state index contributed by atoms with van der Waals surface area (Å²) >= 11 is 8.03. The van der Waals surface area contributed by atoms with Gasteiger partial charge in [-0.1, -0.05) is 53.4 Å². The average molecular weight is 514 g/mol. The summed E-state index contributed by atoms with van der Waals surface area (Å²) in [6.45, 7) is 6.36. The number of hydrogen-bond acceptors (Lipinski definition) is 8. The number of fused-ring (bicyclic) bond motifs is 1. The topological polar surface area (TPSA) is 75.3 Å². The minimum absolute atomic E-state index is 0.0259. The molecule has 0 unspecified atom stereocenters. The zero-order valence-corrected chi connectivity index (χ0v) is 21.4. The van der Waals surface area contributed by atoms with Gasteiger partial charge in [0.15, 0.2) is 14.8 Å². The maximum Gasteiger partial charge on any atom is 0.316 e. The molecule has 0 bridgehead atoms. The van der Waals surface area contributed by atoms with Crippen LogP contribution >= 0.6 is 35.3 Å². The molecule has 2 heterocycles. The average Bonchev–Trinajstić information content (AvgIpc) is 3.15. The van der Waals surface area contributed by atoms with E-state index in [-0.39, 0.29) is 23.9 Å². The normalized spacial score (nSPS) is 11.0. The molecule has 0 radical (unpaired) electrons. The third-order valence-corrected chi connectivity index (χ3v) is 7.23. The van der Waals surface area contributed by atoms with E-state index < -0.39 is 0 Å². The molecule has 0 N–H and O–H groups in total. The number of ether oxygens (including phenoxy) is 2. The van der Waals surface area contributed by atoms with Crippen LogP contribution in [0.2, 0.25) is 0 Å². The van der Waals surface area contributed by atoms with E-state index in [4.69, 9.17) is 26.7 Å². The lowest BCUT2D eigenvalue weighted by molar-refractivity contribution is -0.139. The van der Waals surface area contributed by atoms with Gasteiger partial charge in [-0.25, -0.2) is 4.98 Å². The third-order valence-electron chi connectivity index (χ3n) is 4.96. The lowest BCUT2D eigenvalue weighted by atomic mass is 10.2. The van der Waals surface area contributed by atoms with Gasteiger partial charge in [0.1, 0.15) is 10.4 Å². The van der Waals surface area contributed by atoms with Crippen molar-refractivity contribution in [2.75, 3.05) is 19.0 Å². The van der Waals surface area contributed by atoms with E-state index in [0.717, 1.165) is 17.3 Å². The van der Waals surface area contributed by atoms with Crippen LogP contribution in [0.4, 0.5) is 0 Å². The molecule has 7 nitrogen and oxygen atoms in total. The smallest absolute Gasteiger partial charge is 0.316 e. The number of thiazole rings is 1. The first-order valence-electron chi connectivity index (χ1n) is 10.7. The molecule has 0 aliphatic heterocycles. The highest BCUT2D eigenvalue weighted by molar-refractivity contribution is 7.99. The van der Waals surface area contributed by atoms with Gasteiger partial charge in [0.05, 0.1) is 30.3 Å². The van der Waals surface area contributed by atoms with Crippen molar-refractivity contribution in [1.29, 1.82) is 0 Å². The second-order valence-corrected chi connectivity index (χ2v) is 9.76. The van der Waals surface area contributed by atoms with Crippen LogP contribution in [-0.4, -0.2) is 39.1 Å². The summed E-state index contributed by atoms with van der Waals surface area (Å²) < 4.78 is 15.1. The van der Waals surface area contributed by atoms with Crippen LogP contribution in [0.3, 0.4) is 0 Å². The predicted molar refractivity (Wildman–Crippen MR) is 139 cm³/mol. The van der Waals surface area contributed by atoms with Crippen molar-refractivity contribution in [1.82, 2.24) is 14.1 Å². The van der Waals surface area contributed by atoms with Gasteiger partial charge in [-0.05, 0) is 56.8 Å². The third kappa shape index (κ3) is 4.66. The van der Waals surface area contributed by atoms with Gasteiger partial charge in [0.2, 0.25) is 0 Å².